The molecule has 0 aliphatic carbocycles. The van der Waals surface area contributed by atoms with Gasteiger partial charge in [0.2, 0.25) is 0 Å². The first-order valence-electron chi connectivity index (χ1n) is 6.93. The Kier molecular flexibility index (Phi) is 4.40. The Labute approximate surface area is 114 Å². The van der Waals surface area contributed by atoms with Gasteiger partial charge in [0.15, 0.2) is 0 Å². The van der Waals surface area contributed by atoms with Crippen LogP contribution in [0.2, 0.25) is 0 Å². The fourth-order valence-corrected chi connectivity index (χ4v) is 2.61. The minimum atomic E-state index is -0.309. The molecule has 0 bridgehead atoms. The highest BCUT2D eigenvalue weighted by Gasteiger charge is 2.25. The van der Waals surface area contributed by atoms with Gasteiger partial charge in [-0.1, -0.05) is 13.0 Å². The fourth-order valence-electron chi connectivity index (χ4n) is 2.61. The molecule has 1 heterocycles. The number of amides is 2. The van der Waals surface area contributed by atoms with Crippen LogP contribution in [0.4, 0.5) is 14.9 Å². The van der Waals surface area contributed by atoms with Crippen LogP contribution in [0.15, 0.2) is 24.3 Å². The minimum absolute atomic E-state index is 0.0142. The molecule has 1 unspecified atom stereocenters. The van der Waals surface area contributed by atoms with E-state index in [1.165, 1.54) is 18.6 Å². The van der Waals surface area contributed by atoms with Crippen molar-refractivity contribution >= 4 is 11.7 Å². The van der Waals surface area contributed by atoms with Crippen molar-refractivity contribution < 1.29 is 9.18 Å². The number of hydrogen-bond donors (Lipinski definition) is 0. The van der Waals surface area contributed by atoms with Crippen molar-refractivity contribution in [3.63, 3.8) is 0 Å². The summed E-state index contributed by atoms with van der Waals surface area (Å²) < 4.78 is 13.3. The monoisotopic (exact) mass is 264 g/mol. The topological polar surface area (TPSA) is 23.6 Å². The maximum absolute atomic E-state index is 13.3. The van der Waals surface area contributed by atoms with E-state index in [2.05, 4.69) is 6.92 Å². The maximum Gasteiger partial charge on any atom is 0.324 e. The van der Waals surface area contributed by atoms with E-state index in [4.69, 9.17) is 0 Å². The second-order valence-corrected chi connectivity index (χ2v) is 5.20. The largest absolute Gasteiger partial charge is 0.324 e. The summed E-state index contributed by atoms with van der Waals surface area (Å²) in [6, 6.07) is 6.20. The molecule has 3 nitrogen and oxygen atoms in total. The van der Waals surface area contributed by atoms with E-state index in [1.807, 2.05) is 11.8 Å². The second kappa shape index (κ2) is 6.04. The third-order valence-corrected chi connectivity index (χ3v) is 3.59. The summed E-state index contributed by atoms with van der Waals surface area (Å²) in [5.41, 5.74) is 0.630. The Balaban J connectivity index is 2.15. The molecule has 0 spiro atoms. The summed E-state index contributed by atoms with van der Waals surface area (Å²) in [7, 11) is 0. The number of benzene rings is 1. The van der Waals surface area contributed by atoms with Gasteiger partial charge in [-0.15, -0.1) is 0 Å². The van der Waals surface area contributed by atoms with Gasteiger partial charge in [0.1, 0.15) is 5.82 Å². The predicted molar refractivity (Wildman–Crippen MR) is 74.8 cm³/mol. The van der Waals surface area contributed by atoms with Crippen molar-refractivity contribution in [2.45, 2.75) is 26.7 Å². The molecule has 1 atom stereocenters. The van der Waals surface area contributed by atoms with Crippen molar-refractivity contribution in [3.05, 3.63) is 30.1 Å². The van der Waals surface area contributed by atoms with E-state index in [0.717, 1.165) is 19.5 Å². The van der Waals surface area contributed by atoms with Gasteiger partial charge in [-0.3, -0.25) is 4.90 Å². The molecule has 1 aromatic carbocycles. The minimum Gasteiger partial charge on any atom is -0.324 e. The van der Waals surface area contributed by atoms with E-state index < -0.39 is 0 Å². The highest BCUT2D eigenvalue weighted by Crippen LogP contribution is 2.21. The highest BCUT2D eigenvalue weighted by molar-refractivity contribution is 5.92. The molecular weight excluding hydrogens is 243 g/mol. The number of piperidine rings is 1. The number of rotatable bonds is 2. The summed E-state index contributed by atoms with van der Waals surface area (Å²) in [5, 5.41) is 0. The smallest absolute Gasteiger partial charge is 0.324 e. The Morgan fingerprint density at radius 3 is 2.95 bits per heavy atom. The van der Waals surface area contributed by atoms with Gasteiger partial charge in [0.05, 0.1) is 0 Å². The molecule has 1 saturated heterocycles. The van der Waals surface area contributed by atoms with E-state index in [9.17, 15) is 9.18 Å². The molecule has 1 aromatic rings. The summed E-state index contributed by atoms with van der Waals surface area (Å²) in [5.74, 6) is 0.236. The third kappa shape index (κ3) is 3.25. The highest BCUT2D eigenvalue weighted by atomic mass is 19.1. The van der Waals surface area contributed by atoms with E-state index in [1.54, 1.807) is 17.0 Å². The molecule has 4 heteroatoms. The van der Waals surface area contributed by atoms with E-state index >= 15 is 0 Å². The lowest BCUT2D eigenvalue weighted by molar-refractivity contribution is 0.176. The van der Waals surface area contributed by atoms with Crippen molar-refractivity contribution in [2.24, 2.45) is 5.92 Å². The van der Waals surface area contributed by atoms with Gasteiger partial charge in [0, 0.05) is 25.3 Å². The molecular formula is C15H21FN2O. The van der Waals surface area contributed by atoms with Crippen LogP contribution in [0.3, 0.4) is 0 Å². The molecule has 19 heavy (non-hydrogen) atoms. The quantitative estimate of drug-likeness (QED) is 0.802. The SMILES string of the molecule is CCN(C(=O)N1CCCC(C)C1)c1cccc(F)c1. The number of carbonyl (C=O) groups is 1. The van der Waals surface area contributed by atoms with Crippen molar-refractivity contribution in [3.8, 4) is 0 Å². The molecule has 1 aliphatic heterocycles. The zero-order valence-corrected chi connectivity index (χ0v) is 11.6. The summed E-state index contributed by atoms with van der Waals surface area (Å²) in [4.78, 5) is 16.0. The van der Waals surface area contributed by atoms with Crippen molar-refractivity contribution in [1.29, 1.82) is 0 Å². The third-order valence-electron chi connectivity index (χ3n) is 3.59. The van der Waals surface area contributed by atoms with Gasteiger partial charge >= 0.3 is 6.03 Å². The van der Waals surface area contributed by atoms with Gasteiger partial charge < -0.3 is 4.90 Å². The molecule has 0 saturated carbocycles. The van der Waals surface area contributed by atoms with E-state index in [0.29, 0.717) is 18.2 Å². The van der Waals surface area contributed by atoms with Crippen LogP contribution in [0.1, 0.15) is 26.7 Å². The lowest BCUT2D eigenvalue weighted by atomic mass is 10.0. The fraction of sp³-hybridized carbons (Fsp3) is 0.533. The molecule has 1 fully saturated rings. The number of carbonyl (C=O) groups excluding carboxylic acids is 1. The van der Waals surface area contributed by atoms with Gasteiger partial charge in [-0.25, -0.2) is 9.18 Å². The molecule has 0 aromatic heterocycles. The van der Waals surface area contributed by atoms with Crippen LogP contribution < -0.4 is 4.90 Å². The van der Waals surface area contributed by atoms with Crippen molar-refractivity contribution in [1.82, 2.24) is 4.90 Å². The molecule has 104 valence electrons. The first kappa shape index (κ1) is 13.8. The number of hydrogen-bond acceptors (Lipinski definition) is 1. The second-order valence-electron chi connectivity index (χ2n) is 5.20. The zero-order chi connectivity index (χ0) is 13.8. The lowest BCUT2D eigenvalue weighted by Crippen LogP contribution is -2.47. The number of urea groups is 1. The number of nitrogens with zero attached hydrogens (tertiary/aromatic N) is 2. The van der Waals surface area contributed by atoms with Gasteiger partial charge in [0.25, 0.3) is 0 Å². The zero-order valence-electron chi connectivity index (χ0n) is 11.6. The molecule has 2 amide bonds. The Hall–Kier alpha value is -1.58. The summed E-state index contributed by atoms with van der Waals surface area (Å²) in [6.07, 6.45) is 2.23. The van der Waals surface area contributed by atoms with Crippen LogP contribution in [-0.2, 0) is 0 Å². The van der Waals surface area contributed by atoms with Crippen LogP contribution in [-0.4, -0.2) is 30.6 Å². The molecule has 0 radical (unpaired) electrons. The molecule has 0 N–H and O–H groups in total. The van der Waals surface area contributed by atoms with Crippen LogP contribution in [0.5, 0.6) is 0 Å². The van der Waals surface area contributed by atoms with Crippen LogP contribution >= 0.6 is 0 Å². The van der Waals surface area contributed by atoms with E-state index in [-0.39, 0.29) is 11.8 Å². The number of likely N-dealkylation sites (tertiary alicyclic amines) is 1. The maximum atomic E-state index is 13.3. The first-order chi connectivity index (χ1) is 9.11. The first-order valence-corrected chi connectivity index (χ1v) is 6.93. The predicted octanol–water partition coefficient (Wildman–Crippen LogP) is 3.50. The average Bonchev–Trinajstić information content (AvgIpc) is 2.39. The Morgan fingerprint density at radius 1 is 1.53 bits per heavy atom. The molecule has 2 rings (SSSR count). The lowest BCUT2D eigenvalue weighted by Gasteiger charge is -2.35. The standard InChI is InChI=1S/C15H21FN2O/c1-3-18(14-8-4-7-13(16)10-14)15(19)17-9-5-6-12(2)11-17/h4,7-8,10,12H,3,5-6,9,11H2,1-2H3. The Morgan fingerprint density at radius 2 is 2.32 bits per heavy atom. The number of anilines is 1. The normalized spacial score (nSPS) is 19.3. The Bertz CT molecular complexity index is 450. The van der Waals surface area contributed by atoms with Crippen LogP contribution in [0.25, 0.3) is 0 Å². The van der Waals surface area contributed by atoms with Gasteiger partial charge in [-0.05, 0) is 43.9 Å². The summed E-state index contributed by atoms with van der Waals surface area (Å²) >= 11 is 0. The van der Waals surface area contributed by atoms with Crippen LogP contribution in [0, 0.1) is 11.7 Å². The van der Waals surface area contributed by atoms with Gasteiger partial charge in [-0.2, -0.15) is 0 Å². The van der Waals surface area contributed by atoms with Crippen molar-refractivity contribution in [2.75, 3.05) is 24.5 Å². The average molecular weight is 264 g/mol. The number of halogens is 1. The molecule has 1 aliphatic rings. The summed E-state index contributed by atoms with van der Waals surface area (Å²) in [6.45, 7) is 6.22.